The van der Waals surface area contributed by atoms with Crippen LogP contribution in [-0.4, -0.2) is 32.7 Å². The third kappa shape index (κ3) is 2.42. The van der Waals surface area contributed by atoms with Crippen LogP contribution >= 0.6 is 0 Å². The number of carbonyl (C=O) groups excluding carboxylic acids is 1. The molecule has 1 amide bonds. The zero-order valence-corrected chi connectivity index (χ0v) is 10.9. The van der Waals surface area contributed by atoms with E-state index >= 15 is 0 Å². The monoisotopic (exact) mass is 261 g/mol. The summed E-state index contributed by atoms with van der Waals surface area (Å²) in [5.74, 6) is -1.53. The molecule has 2 rings (SSSR count). The zero-order chi connectivity index (χ0) is 14.2. The molecule has 0 aliphatic rings. The van der Waals surface area contributed by atoms with Crippen molar-refractivity contribution in [3.05, 3.63) is 29.5 Å². The van der Waals surface area contributed by atoms with Gasteiger partial charge in [-0.2, -0.15) is 5.10 Å². The van der Waals surface area contributed by atoms with Gasteiger partial charge in [0, 0.05) is 5.39 Å². The highest BCUT2D eigenvalue weighted by molar-refractivity contribution is 6.07. The Morgan fingerprint density at radius 1 is 1.37 bits per heavy atom. The number of benzene rings is 1. The highest BCUT2D eigenvalue weighted by Crippen LogP contribution is 2.19. The minimum absolute atomic E-state index is 0.391. The Balaban J connectivity index is 2.42. The summed E-state index contributed by atoms with van der Waals surface area (Å²) in [6, 6.07) is 3.60. The topological polar surface area (TPSA) is 95.1 Å². The Bertz CT molecular complexity index is 658. The summed E-state index contributed by atoms with van der Waals surface area (Å²) in [4.78, 5) is 23.2. The number of rotatable bonds is 3. The highest BCUT2D eigenvalue weighted by atomic mass is 16.4. The highest BCUT2D eigenvalue weighted by Gasteiger charge is 2.30. The van der Waals surface area contributed by atoms with Crippen LogP contribution < -0.4 is 5.32 Å². The molecule has 19 heavy (non-hydrogen) atoms. The molecule has 0 bridgehead atoms. The van der Waals surface area contributed by atoms with Gasteiger partial charge in [0.05, 0.1) is 17.3 Å². The lowest BCUT2D eigenvalue weighted by Crippen LogP contribution is -2.49. The predicted molar refractivity (Wildman–Crippen MR) is 70.0 cm³/mol. The average Bonchev–Trinajstić information content (AvgIpc) is 2.74. The summed E-state index contributed by atoms with van der Waals surface area (Å²) < 4.78 is 0. The van der Waals surface area contributed by atoms with E-state index < -0.39 is 17.4 Å². The van der Waals surface area contributed by atoms with E-state index in [1.54, 1.807) is 12.3 Å². The van der Waals surface area contributed by atoms with Gasteiger partial charge in [-0.3, -0.25) is 9.89 Å². The van der Waals surface area contributed by atoms with Gasteiger partial charge in [-0.15, -0.1) is 0 Å². The van der Waals surface area contributed by atoms with Gasteiger partial charge >= 0.3 is 5.97 Å². The molecule has 6 nitrogen and oxygen atoms in total. The van der Waals surface area contributed by atoms with Crippen molar-refractivity contribution in [3.63, 3.8) is 0 Å². The van der Waals surface area contributed by atoms with Crippen molar-refractivity contribution in [2.75, 3.05) is 0 Å². The fourth-order valence-electron chi connectivity index (χ4n) is 1.79. The molecule has 0 radical (unpaired) electrons. The molecule has 2 aromatic rings. The molecule has 100 valence electrons. The number of aromatic amines is 1. The van der Waals surface area contributed by atoms with Crippen LogP contribution in [0, 0.1) is 6.92 Å². The summed E-state index contributed by atoms with van der Waals surface area (Å²) in [7, 11) is 0. The van der Waals surface area contributed by atoms with Crippen LogP contribution in [0.25, 0.3) is 10.9 Å². The first-order valence-corrected chi connectivity index (χ1v) is 5.81. The second kappa shape index (κ2) is 4.38. The summed E-state index contributed by atoms with van der Waals surface area (Å²) >= 11 is 0. The van der Waals surface area contributed by atoms with E-state index in [1.165, 1.54) is 13.8 Å². The molecule has 0 aliphatic heterocycles. The minimum Gasteiger partial charge on any atom is -0.480 e. The molecule has 3 N–H and O–H groups in total. The first-order valence-electron chi connectivity index (χ1n) is 5.81. The van der Waals surface area contributed by atoms with E-state index in [0.29, 0.717) is 11.1 Å². The number of hydrogen-bond acceptors (Lipinski definition) is 3. The molecule has 0 aliphatic carbocycles. The smallest absolute Gasteiger partial charge is 0.328 e. The second-order valence-electron chi connectivity index (χ2n) is 5.03. The van der Waals surface area contributed by atoms with Crippen molar-refractivity contribution in [1.29, 1.82) is 0 Å². The molecule has 0 spiro atoms. The molecule has 6 heteroatoms. The van der Waals surface area contributed by atoms with Gasteiger partial charge in [-0.1, -0.05) is 0 Å². The fourth-order valence-corrected chi connectivity index (χ4v) is 1.79. The van der Waals surface area contributed by atoms with Gasteiger partial charge in [0.15, 0.2) is 0 Å². The largest absolute Gasteiger partial charge is 0.480 e. The maximum Gasteiger partial charge on any atom is 0.328 e. The van der Waals surface area contributed by atoms with Crippen LogP contribution in [0.4, 0.5) is 0 Å². The number of carboxylic acid groups (broad SMARTS) is 1. The number of hydrogen-bond donors (Lipinski definition) is 3. The van der Waals surface area contributed by atoms with Gasteiger partial charge in [0.1, 0.15) is 5.54 Å². The molecule has 1 aromatic heterocycles. The molecule has 0 atom stereocenters. The van der Waals surface area contributed by atoms with E-state index in [-0.39, 0.29) is 0 Å². The Morgan fingerprint density at radius 3 is 2.68 bits per heavy atom. The lowest BCUT2D eigenvalue weighted by Gasteiger charge is -2.21. The maximum absolute atomic E-state index is 12.2. The van der Waals surface area contributed by atoms with E-state index in [1.807, 2.05) is 13.0 Å². The molecule has 0 saturated heterocycles. The second-order valence-corrected chi connectivity index (χ2v) is 5.03. The van der Waals surface area contributed by atoms with E-state index in [4.69, 9.17) is 5.11 Å². The third-order valence-corrected chi connectivity index (χ3v) is 2.90. The molecular weight excluding hydrogens is 246 g/mol. The summed E-state index contributed by atoms with van der Waals surface area (Å²) in [6.45, 7) is 4.74. The number of nitrogens with zero attached hydrogens (tertiary/aromatic N) is 1. The molecular formula is C13H15N3O3. The maximum atomic E-state index is 12.2. The normalized spacial score (nSPS) is 11.5. The first kappa shape index (κ1) is 13.1. The Morgan fingerprint density at radius 2 is 2.05 bits per heavy atom. The Kier molecular flexibility index (Phi) is 3.01. The molecule has 0 fully saturated rings. The van der Waals surface area contributed by atoms with Crippen LogP contribution in [0.1, 0.15) is 29.8 Å². The number of carboxylic acids is 1. The lowest BCUT2D eigenvalue weighted by molar-refractivity contribution is -0.143. The van der Waals surface area contributed by atoms with Gasteiger partial charge in [0.25, 0.3) is 5.91 Å². The number of aryl methyl sites for hydroxylation is 1. The van der Waals surface area contributed by atoms with Crippen LogP contribution in [0.5, 0.6) is 0 Å². The molecule has 1 aromatic carbocycles. The van der Waals surface area contributed by atoms with Crippen molar-refractivity contribution < 1.29 is 14.7 Å². The number of aliphatic carboxylic acids is 1. The summed E-state index contributed by atoms with van der Waals surface area (Å²) in [6.07, 6.45) is 1.63. The number of amides is 1. The first-order chi connectivity index (χ1) is 8.81. The van der Waals surface area contributed by atoms with Crippen molar-refractivity contribution in [1.82, 2.24) is 15.5 Å². The lowest BCUT2D eigenvalue weighted by atomic mass is 10.0. The van der Waals surface area contributed by atoms with Crippen molar-refractivity contribution in [2.45, 2.75) is 26.3 Å². The molecule has 1 heterocycles. The van der Waals surface area contributed by atoms with Gasteiger partial charge in [-0.25, -0.2) is 4.79 Å². The number of H-pyrrole nitrogens is 1. The third-order valence-electron chi connectivity index (χ3n) is 2.90. The number of aromatic nitrogens is 2. The number of fused-ring (bicyclic) bond motifs is 1. The summed E-state index contributed by atoms with van der Waals surface area (Å²) in [5, 5.41) is 19.0. The van der Waals surface area contributed by atoms with Crippen LogP contribution in [0.3, 0.4) is 0 Å². The minimum atomic E-state index is -1.33. The standard InChI is InChI=1S/C13H15N3O3/c1-7-4-8-6-14-16-10(8)9(5-7)11(17)15-13(2,3)12(18)19/h4-6H,1-3H3,(H,14,16)(H,15,17)(H,18,19). The van der Waals surface area contributed by atoms with Crippen molar-refractivity contribution in [2.24, 2.45) is 0 Å². The zero-order valence-electron chi connectivity index (χ0n) is 10.9. The average molecular weight is 261 g/mol. The van der Waals surface area contributed by atoms with E-state index in [0.717, 1.165) is 10.9 Å². The summed E-state index contributed by atoms with van der Waals surface area (Å²) in [5.41, 5.74) is 0.575. The van der Waals surface area contributed by atoms with Crippen LogP contribution in [0.15, 0.2) is 18.3 Å². The molecule has 0 unspecified atom stereocenters. The van der Waals surface area contributed by atoms with Crippen LogP contribution in [-0.2, 0) is 4.79 Å². The number of nitrogens with one attached hydrogen (secondary N) is 2. The Labute approximate surface area is 109 Å². The van der Waals surface area contributed by atoms with Gasteiger partial charge < -0.3 is 10.4 Å². The van der Waals surface area contributed by atoms with E-state index in [9.17, 15) is 9.59 Å². The predicted octanol–water partition coefficient (Wildman–Crippen LogP) is 1.46. The van der Waals surface area contributed by atoms with Gasteiger partial charge in [-0.05, 0) is 38.5 Å². The fraction of sp³-hybridized carbons (Fsp3) is 0.308. The Hall–Kier alpha value is -2.37. The quantitative estimate of drug-likeness (QED) is 0.779. The molecule has 0 saturated carbocycles. The van der Waals surface area contributed by atoms with E-state index in [2.05, 4.69) is 15.5 Å². The van der Waals surface area contributed by atoms with Crippen molar-refractivity contribution >= 4 is 22.8 Å². The van der Waals surface area contributed by atoms with Crippen molar-refractivity contribution in [3.8, 4) is 0 Å². The van der Waals surface area contributed by atoms with Gasteiger partial charge in [0.2, 0.25) is 0 Å². The van der Waals surface area contributed by atoms with Crippen LogP contribution in [0.2, 0.25) is 0 Å². The SMILES string of the molecule is Cc1cc(C(=O)NC(C)(C)C(=O)O)c2[nH]ncc2c1. The number of carbonyl (C=O) groups is 2.